The molecule has 0 atom stereocenters. The van der Waals surface area contributed by atoms with Gasteiger partial charge in [-0.25, -0.2) is 14.6 Å². The van der Waals surface area contributed by atoms with Gasteiger partial charge in [-0.3, -0.25) is 0 Å². The molecule has 1 aliphatic heterocycles. The number of hydrogen-bond acceptors (Lipinski definition) is 6. The summed E-state index contributed by atoms with van der Waals surface area (Å²) in [7, 11) is -1.25. The third-order valence-electron chi connectivity index (χ3n) is 4.69. The molecular weight excluding hydrogens is 376 g/mol. The van der Waals surface area contributed by atoms with Crippen LogP contribution in [-0.4, -0.2) is 36.8 Å². The van der Waals surface area contributed by atoms with E-state index in [9.17, 15) is 4.79 Å². The summed E-state index contributed by atoms with van der Waals surface area (Å²) in [5.41, 5.74) is 9.11. The first-order valence-corrected chi connectivity index (χ1v) is 13.0. The third kappa shape index (κ3) is 3.76. The van der Waals surface area contributed by atoms with Crippen molar-refractivity contribution in [1.29, 1.82) is 0 Å². The maximum absolute atomic E-state index is 12.7. The Morgan fingerprint density at radius 3 is 2.71 bits per heavy atom. The van der Waals surface area contributed by atoms with Gasteiger partial charge >= 0.3 is 5.97 Å². The van der Waals surface area contributed by atoms with E-state index in [1.54, 1.807) is 11.5 Å². The highest BCUT2D eigenvalue weighted by Gasteiger charge is 2.30. The lowest BCUT2D eigenvalue weighted by Crippen LogP contribution is -2.22. The minimum absolute atomic E-state index is 0.142. The molecule has 3 rings (SSSR count). The Balaban J connectivity index is 2.12. The molecule has 28 heavy (non-hydrogen) atoms. The van der Waals surface area contributed by atoms with Crippen molar-refractivity contribution in [2.24, 2.45) is 0 Å². The minimum atomic E-state index is -1.25. The van der Waals surface area contributed by atoms with Gasteiger partial charge in [-0.15, -0.1) is 0 Å². The molecule has 2 aromatic rings. The Morgan fingerprint density at radius 2 is 2.07 bits per heavy atom. The number of pyridine rings is 1. The molecule has 8 nitrogen and oxygen atoms in total. The van der Waals surface area contributed by atoms with E-state index in [1.165, 1.54) is 0 Å². The molecule has 2 aromatic heterocycles. The lowest BCUT2D eigenvalue weighted by molar-refractivity contribution is 0.0479. The van der Waals surface area contributed by atoms with Crippen molar-refractivity contribution in [3.8, 4) is 0 Å². The van der Waals surface area contributed by atoms with Crippen LogP contribution in [0.4, 0.5) is 11.5 Å². The van der Waals surface area contributed by atoms with E-state index in [0.29, 0.717) is 36.7 Å². The maximum atomic E-state index is 12.7. The highest BCUT2D eigenvalue weighted by Crippen LogP contribution is 2.40. The Morgan fingerprint density at radius 1 is 1.36 bits per heavy atom. The minimum Gasteiger partial charge on any atom is -0.462 e. The molecule has 0 saturated carbocycles. The van der Waals surface area contributed by atoms with Gasteiger partial charge in [0.25, 0.3) is 0 Å². The number of ether oxygens (including phenoxy) is 3. The molecular formula is C19H26N4O4Si. The molecule has 150 valence electrons. The summed E-state index contributed by atoms with van der Waals surface area (Å²) in [5, 5.41) is 0. The molecule has 1 aliphatic rings. The number of anilines is 1. The van der Waals surface area contributed by atoms with E-state index in [0.717, 1.165) is 17.2 Å². The fraction of sp³-hybridized carbons (Fsp3) is 0.526. The van der Waals surface area contributed by atoms with Gasteiger partial charge in [0.15, 0.2) is 0 Å². The highest BCUT2D eigenvalue weighted by molar-refractivity contribution is 6.76. The zero-order valence-electron chi connectivity index (χ0n) is 16.8. The summed E-state index contributed by atoms with van der Waals surface area (Å²) in [4.78, 5) is 20.7. The molecule has 3 heterocycles. The second kappa shape index (κ2) is 7.91. The summed E-state index contributed by atoms with van der Waals surface area (Å²) < 4.78 is 18.4. The number of nitrogens with two attached hydrogens (primary N) is 1. The number of nitrogen functional groups attached to an aromatic ring is 1. The molecule has 0 fully saturated rings. The van der Waals surface area contributed by atoms with Crippen LogP contribution in [0.1, 0.15) is 28.5 Å². The summed E-state index contributed by atoms with van der Waals surface area (Å²) in [6, 6.07) is 1.00. The topological polar surface area (TPSA) is 93.0 Å². The van der Waals surface area contributed by atoms with Gasteiger partial charge in [-0.1, -0.05) is 19.6 Å². The third-order valence-corrected chi connectivity index (χ3v) is 6.40. The van der Waals surface area contributed by atoms with Crippen molar-refractivity contribution in [3.63, 3.8) is 0 Å². The Hall–Kier alpha value is -2.41. The summed E-state index contributed by atoms with van der Waals surface area (Å²) in [5.74, 6) is -0.233. The van der Waals surface area contributed by atoms with Crippen LogP contribution in [0.2, 0.25) is 25.7 Å². The lowest BCUT2D eigenvalue weighted by Gasteiger charge is -2.17. The molecule has 0 aromatic carbocycles. The zero-order valence-corrected chi connectivity index (χ0v) is 17.8. The van der Waals surface area contributed by atoms with Crippen LogP contribution in [-0.2, 0) is 34.2 Å². The number of fused-ring (bicyclic) bond motifs is 3. The predicted octanol–water partition coefficient (Wildman–Crippen LogP) is 3.69. The van der Waals surface area contributed by atoms with Crippen LogP contribution in [0.5, 0.6) is 0 Å². The largest absolute Gasteiger partial charge is 0.462 e. The first-order valence-electron chi connectivity index (χ1n) is 9.32. The van der Waals surface area contributed by atoms with Crippen LogP contribution in [0, 0.1) is 6.57 Å². The standard InChI is InChI=1S/C19H26N4O4Si/c1-6-27-19(24)17-14(21-2)15-16(12-9-26-10-13(12)18(20)22-15)23(17)11-25-7-8-28(3,4)5/h6-11H2,1,3-5H3,(H2,20,22). The number of hydrogen-bond donors (Lipinski definition) is 1. The Labute approximate surface area is 165 Å². The van der Waals surface area contributed by atoms with Crippen LogP contribution >= 0.6 is 0 Å². The fourth-order valence-electron chi connectivity index (χ4n) is 3.24. The van der Waals surface area contributed by atoms with E-state index in [1.807, 2.05) is 0 Å². The molecule has 0 radical (unpaired) electrons. The van der Waals surface area contributed by atoms with Crippen molar-refractivity contribution in [1.82, 2.24) is 9.55 Å². The van der Waals surface area contributed by atoms with E-state index in [2.05, 4.69) is 29.5 Å². The molecule has 0 saturated heterocycles. The van der Waals surface area contributed by atoms with Gasteiger partial charge in [-0.2, -0.15) is 0 Å². The van der Waals surface area contributed by atoms with E-state index in [4.69, 9.17) is 26.5 Å². The van der Waals surface area contributed by atoms with Crippen molar-refractivity contribution in [3.05, 3.63) is 28.2 Å². The smallest absolute Gasteiger partial charge is 0.344 e. The molecule has 0 aliphatic carbocycles. The zero-order chi connectivity index (χ0) is 20.5. The number of carbonyl (C=O) groups is 1. The second-order valence-corrected chi connectivity index (χ2v) is 13.6. The Kier molecular flexibility index (Phi) is 5.74. The van der Waals surface area contributed by atoms with Gasteiger partial charge in [0, 0.05) is 25.8 Å². The van der Waals surface area contributed by atoms with E-state index >= 15 is 0 Å². The predicted molar refractivity (Wildman–Crippen MR) is 109 cm³/mol. The van der Waals surface area contributed by atoms with Crippen molar-refractivity contribution in [2.45, 2.75) is 52.6 Å². The number of nitrogens with zero attached hydrogens (tertiary/aromatic N) is 3. The quantitative estimate of drug-likeness (QED) is 0.329. The van der Waals surface area contributed by atoms with Gasteiger partial charge in [-0.05, 0) is 13.0 Å². The van der Waals surface area contributed by atoms with Crippen LogP contribution in [0.15, 0.2) is 0 Å². The molecule has 0 bridgehead atoms. The number of aromatic nitrogens is 2. The van der Waals surface area contributed by atoms with E-state index in [-0.39, 0.29) is 24.7 Å². The normalized spacial score (nSPS) is 13.5. The van der Waals surface area contributed by atoms with E-state index < -0.39 is 14.0 Å². The van der Waals surface area contributed by atoms with Gasteiger partial charge in [0.1, 0.15) is 18.2 Å². The van der Waals surface area contributed by atoms with Crippen LogP contribution in [0.3, 0.4) is 0 Å². The summed E-state index contributed by atoms with van der Waals surface area (Å²) >= 11 is 0. The summed E-state index contributed by atoms with van der Waals surface area (Å²) in [6.45, 7) is 17.9. The van der Waals surface area contributed by atoms with Crippen LogP contribution < -0.4 is 5.73 Å². The lowest BCUT2D eigenvalue weighted by atomic mass is 10.1. The molecule has 2 N–H and O–H groups in total. The molecule has 0 unspecified atom stereocenters. The van der Waals surface area contributed by atoms with Gasteiger partial charge in [0.05, 0.1) is 37.4 Å². The van der Waals surface area contributed by atoms with Crippen molar-refractivity contribution in [2.75, 3.05) is 18.9 Å². The van der Waals surface area contributed by atoms with Gasteiger partial charge in [0.2, 0.25) is 5.69 Å². The Bertz CT molecular complexity index is 956. The second-order valence-electron chi connectivity index (χ2n) is 7.95. The molecule has 0 amide bonds. The van der Waals surface area contributed by atoms with Crippen molar-refractivity contribution < 1.29 is 19.0 Å². The first kappa shape index (κ1) is 20.3. The number of carbonyl (C=O) groups excluding carboxylic acids is 1. The average Bonchev–Trinajstić information content (AvgIpc) is 3.21. The molecule has 0 spiro atoms. The highest BCUT2D eigenvalue weighted by atomic mass is 28.3. The van der Waals surface area contributed by atoms with Crippen molar-refractivity contribution >= 4 is 36.6 Å². The molecule has 9 heteroatoms. The maximum Gasteiger partial charge on any atom is 0.344 e. The monoisotopic (exact) mass is 402 g/mol. The first-order chi connectivity index (χ1) is 13.3. The summed E-state index contributed by atoms with van der Waals surface area (Å²) in [6.07, 6.45) is 0. The number of rotatable bonds is 7. The van der Waals surface area contributed by atoms with Gasteiger partial charge < -0.3 is 24.5 Å². The fourth-order valence-corrected chi connectivity index (χ4v) is 3.99. The SMILES string of the molecule is [C-]#[N+]c1c(C(=O)OCC)n(COCC[Si](C)(C)C)c2c3c(c(N)nc12)COC3. The number of esters is 1. The van der Waals surface area contributed by atoms with Crippen LogP contribution in [0.25, 0.3) is 15.9 Å². The average molecular weight is 403 g/mol.